The van der Waals surface area contributed by atoms with Gasteiger partial charge in [-0.15, -0.1) is 0 Å². The summed E-state index contributed by atoms with van der Waals surface area (Å²) in [6.45, 7) is 6.30. The highest BCUT2D eigenvalue weighted by molar-refractivity contribution is 8.39. The van der Waals surface area contributed by atoms with Crippen molar-refractivity contribution in [3.8, 4) is 0 Å². The van der Waals surface area contributed by atoms with Crippen molar-refractivity contribution in [1.29, 1.82) is 0 Å². The van der Waals surface area contributed by atoms with Crippen LogP contribution in [0.15, 0.2) is 11.1 Å². The quantitative estimate of drug-likeness (QED) is 0.792. The number of ketones is 1. The number of nitrogens with zero attached hydrogens (tertiary/aromatic N) is 2. The second kappa shape index (κ2) is 5.60. The Balaban J connectivity index is 1.68. The fourth-order valence-corrected chi connectivity index (χ4v) is 4.78. The minimum Gasteiger partial charge on any atom is -0.345 e. The van der Waals surface area contributed by atoms with Crippen LogP contribution in [0.5, 0.6) is 0 Å². The van der Waals surface area contributed by atoms with Crippen LogP contribution in [0.25, 0.3) is 0 Å². The number of hydrogen-bond donors (Lipinski definition) is 0. The van der Waals surface area contributed by atoms with Crippen molar-refractivity contribution in [2.75, 3.05) is 11.5 Å². The molecule has 1 aliphatic heterocycles. The SMILES string of the molecule is Cc1cc(C(=O)CSC2=N[C@H](C)CS2)c(C)n1C1CC1. The van der Waals surface area contributed by atoms with Crippen molar-refractivity contribution in [2.45, 2.75) is 45.7 Å². The lowest BCUT2D eigenvalue weighted by molar-refractivity contribution is 0.102. The van der Waals surface area contributed by atoms with Crippen LogP contribution in [0.2, 0.25) is 0 Å². The fourth-order valence-electron chi connectivity index (χ4n) is 2.68. The van der Waals surface area contributed by atoms with E-state index in [2.05, 4.69) is 36.4 Å². The summed E-state index contributed by atoms with van der Waals surface area (Å²) in [6, 6.07) is 3.10. The Morgan fingerprint density at radius 2 is 2.25 bits per heavy atom. The summed E-state index contributed by atoms with van der Waals surface area (Å²) < 4.78 is 3.41. The maximum absolute atomic E-state index is 12.4. The Morgan fingerprint density at radius 3 is 2.85 bits per heavy atom. The van der Waals surface area contributed by atoms with Gasteiger partial charge >= 0.3 is 0 Å². The van der Waals surface area contributed by atoms with Gasteiger partial charge in [-0.3, -0.25) is 9.79 Å². The molecule has 0 N–H and O–H groups in total. The van der Waals surface area contributed by atoms with E-state index < -0.39 is 0 Å². The fraction of sp³-hybridized carbons (Fsp3) is 0.600. The molecule has 20 heavy (non-hydrogen) atoms. The van der Waals surface area contributed by atoms with Gasteiger partial charge in [0.1, 0.15) is 4.38 Å². The van der Waals surface area contributed by atoms with E-state index in [0.717, 1.165) is 21.4 Å². The van der Waals surface area contributed by atoms with E-state index in [9.17, 15) is 4.79 Å². The maximum atomic E-state index is 12.4. The number of thioether (sulfide) groups is 2. The predicted molar refractivity (Wildman–Crippen MR) is 88.3 cm³/mol. The van der Waals surface area contributed by atoms with Crippen molar-refractivity contribution in [1.82, 2.24) is 4.57 Å². The highest BCUT2D eigenvalue weighted by Crippen LogP contribution is 2.38. The van der Waals surface area contributed by atoms with E-state index >= 15 is 0 Å². The van der Waals surface area contributed by atoms with Gasteiger partial charge in [0.2, 0.25) is 0 Å². The molecule has 0 spiro atoms. The third-order valence-electron chi connectivity index (χ3n) is 3.80. The highest BCUT2D eigenvalue weighted by atomic mass is 32.2. The summed E-state index contributed by atoms with van der Waals surface area (Å²) in [5.41, 5.74) is 3.27. The lowest BCUT2D eigenvalue weighted by atomic mass is 10.2. The summed E-state index contributed by atoms with van der Waals surface area (Å²) in [4.78, 5) is 16.9. The van der Waals surface area contributed by atoms with Crippen LogP contribution >= 0.6 is 23.5 Å². The molecule has 1 aromatic heterocycles. The van der Waals surface area contributed by atoms with Crippen LogP contribution in [-0.4, -0.2) is 32.3 Å². The van der Waals surface area contributed by atoms with Gasteiger partial charge in [0.15, 0.2) is 5.78 Å². The molecule has 1 aromatic rings. The molecule has 108 valence electrons. The molecular formula is C15H20N2OS2. The summed E-state index contributed by atoms with van der Waals surface area (Å²) in [5.74, 6) is 1.79. The van der Waals surface area contributed by atoms with Crippen LogP contribution < -0.4 is 0 Å². The van der Waals surface area contributed by atoms with Gasteiger partial charge in [-0.25, -0.2) is 0 Å². The van der Waals surface area contributed by atoms with Gasteiger partial charge in [0.25, 0.3) is 0 Å². The average Bonchev–Trinajstić information content (AvgIpc) is 3.08. The van der Waals surface area contributed by atoms with Gasteiger partial charge in [-0.1, -0.05) is 23.5 Å². The zero-order valence-corrected chi connectivity index (χ0v) is 13.8. The Bertz CT molecular complexity index is 573. The van der Waals surface area contributed by atoms with E-state index in [4.69, 9.17) is 0 Å². The molecule has 0 bridgehead atoms. The van der Waals surface area contributed by atoms with Gasteiger partial charge < -0.3 is 4.57 Å². The predicted octanol–water partition coefficient (Wildman–Crippen LogP) is 3.85. The minimum atomic E-state index is 0.234. The molecule has 0 aromatic carbocycles. The average molecular weight is 308 g/mol. The zero-order chi connectivity index (χ0) is 14.3. The molecular weight excluding hydrogens is 288 g/mol. The lowest BCUT2D eigenvalue weighted by Crippen LogP contribution is -2.06. The van der Waals surface area contributed by atoms with Crippen LogP contribution in [-0.2, 0) is 0 Å². The Morgan fingerprint density at radius 1 is 1.50 bits per heavy atom. The first kappa shape index (κ1) is 14.3. The van der Waals surface area contributed by atoms with E-state index in [0.29, 0.717) is 17.8 Å². The number of aryl methyl sites for hydroxylation is 1. The number of aliphatic imine (C=N–C) groups is 1. The Hall–Kier alpha value is -0.680. The normalized spacial score (nSPS) is 22.1. The van der Waals surface area contributed by atoms with Crippen LogP contribution in [0.3, 0.4) is 0 Å². The molecule has 2 heterocycles. The molecule has 0 unspecified atom stereocenters. The van der Waals surface area contributed by atoms with Crippen LogP contribution in [0, 0.1) is 13.8 Å². The van der Waals surface area contributed by atoms with Crippen molar-refractivity contribution in [3.63, 3.8) is 0 Å². The molecule has 1 fully saturated rings. The number of rotatable bonds is 4. The topological polar surface area (TPSA) is 34.4 Å². The number of Topliss-reactive ketones (excluding diaryl/α,β-unsaturated/α-hetero) is 1. The van der Waals surface area contributed by atoms with E-state index in [1.807, 2.05) is 0 Å². The second-order valence-corrected chi connectivity index (χ2v) is 7.88. The van der Waals surface area contributed by atoms with Gasteiger partial charge in [0, 0.05) is 28.7 Å². The molecule has 1 atom stereocenters. The van der Waals surface area contributed by atoms with Crippen LogP contribution in [0.1, 0.15) is 47.6 Å². The summed E-state index contributed by atoms with van der Waals surface area (Å²) in [5, 5.41) is 0. The number of hydrogen-bond acceptors (Lipinski definition) is 4. The molecule has 1 aliphatic carbocycles. The Labute approximate surface area is 128 Å². The highest BCUT2D eigenvalue weighted by Gasteiger charge is 2.28. The number of carbonyl (C=O) groups is 1. The number of aromatic nitrogens is 1. The smallest absolute Gasteiger partial charge is 0.174 e. The summed E-state index contributed by atoms with van der Waals surface area (Å²) >= 11 is 3.36. The largest absolute Gasteiger partial charge is 0.345 e. The molecule has 3 rings (SSSR count). The van der Waals surface area contributed by atoms with Crippen molar-refractivity contribution in [2.24, 2.45) is 4.99 Å². The van der Waals surface area contributed by atoms with Gasteiger partial charge in [0.05, 0.1) is 11.8 Å². The van der Waals surface area contributed by atoms with Crippen molar-refractivity contribution >= 4 is 33.7 Å². The molecule has 3 nitrogen and oxygen atoms in total. The van der Waals surface area contributed by atoms with Crippen LogP contribution in [0.4, 0.5) is 0 Å². The van der Waals surface area contributed by atoms with E-state index in [-0.39, 0.29) is 5.78 Å². The first-order chi connectivity index (χ1) is 9.56. The lowest BCUT2D eigenvalue weighted by Gasteiger charge is -2.07. The third-order valence-corrected chi connectivity index (χ3v) is 6.26. The molecule has 0 radical (unpaired) electrons. The second-order valence-electron chi connectivity index (χ2n) is 5.65. The minimum absolute atomic E-state index is 0.234. The Kier molecular flexibility index (Phi) is 4.00. The van der Waals surface area contributed by atoms with Gasteiger partial charge in [-0.05, 0) is 39.7 Å². The molecule has 5 heteroatoms. The van der Waals surface area contributed by atoms with E-state index in [1.54, 1.807) is 23.5 Å². The molecule has 2 aliphatic rings. The molecule has 1 saturated carbocycles. The molecule has 0 amide bonds. The standard InChI is InChI=1S/C15H20N2OS2/c1-9-7-19-15(16-9)20-8-14(18)13-6-10(2)17(11(13)3)12-4-5-12/h6,9,12H,4-5,7-8H2,1-3H3/t9-/m1/s1. The van der Waals surface area contributed by atoms with Crippen molar-refractivity contribution < 1.29 is 4.79 Å². The van der Waals surface area contributed by atoms with E-state index in [1.165, 1.54) is 18.5 Å². The maximum Gasteiger partial charge on any atom is 0.174 e. The zero-order valence-electron chi connectivity index (χ0n) is 12.2. The number of carbonyl (C=O) groups excluding carboxylic acids is 1. The molecule has 0 saturated heterocycles. The van der Waals surface area contributed by atoms with Crippen molar-refractivity contribution in [3.05, 3.63) is 23.0 Å². The summed E-state index contributed by atoms with van der Waals surface area (Å²) in [6.07, 6.45) is 2.51. The monoisotopic (exact) mass is 308 g/mol. The first-order valence-electron chi connectivity index (χ1n) is 7.11. The summed E-state index contributed by atoms with van der Waals surface area (Å²) in [7, 11) is 0. The first-order valence-corrected chi connectivity index (χ1v) is 9.08. The van der Waals surface area contributed by atoms with Gasteiger partial charge in [-0.2, -0.15) is 0 Å². The third kappa shape index (κ3) is 2.84.